The van der Waals surface area contributed by atoms with Crippen molar-refractivity contribution in [3.63, 3.8) is 0 Å². The molecule has 1 rings (SSSR count). The molecule has 6 heteroatoms. The Labute approximate surface area is 127 Å². The van der Waals surface area contributed by atoms with E-state index in [1.807, 2.05) is 13.8 Å². The Morgan fingerprint density at radius 1 is 1.22 bits per heavy atom. The van der Waals surface area contributed by atoms with Gasteiger partial charge in [-0.25, -0.2) is 0 Å². The van der Waals surface area contributed by atoms with Crippen LogP contribution in [0.25, 0.3) is 0 Å². The molecule has 0 spiro atoms. The molecule has 0 saturated heterocycles. The van der Waals surface area contributed by atoms with Crippen LogP contribution in [0.1, 0.15) is 39.5 Å². The monoisotopic (exact) mass is 368 g/mol. The van der Waals surface area contributed by atoms with Crippen LogP contribution in [-0.4, -0.2) is 37.5 Å². The Balaban J connectivity index is 0.00000289. The maximum atomic E-state index is 11.4. The molecule has 0 heterocycles. The molecule has 0 atom stereocenters. The second-order valence-electron chi connectivity index (χ2n) is 4.24. The SMILES string of the molecule is CCNC(=NCCCC(=O)NC1CC1)NCC.I. The second-order valence-corrected chi connectivity index (χ2v) is 4.24. The highest BCUT2D eigenvalue weighted by atomic mass is 127. The van der Waals surface area contributed by atoms with Crippen LogP contribution >= 0.6 is 24.0 Å². The Hall–Kier alpha value is -0.530. The predicted molar refractivity (Wildman–Crippen MR) is 85.5 cm³/mol. The zero-order chi connectivity index (χ0) is 12.5. The maximum Gasteiger partial charge on any atom is 0.220 e. The number of guanidine groups is 1. The molecule has 0 unspecified atom stereocenters. The van der Waals surface area contributed by atoms with Crippen molar-refractivity contribution in [2.45, 2.75) is 45.6 Å². The van der Waals surface area contributed by atoms with Crippen LogP contribution in [0, 0.1) is 0 Å². The van der Waals surface area contributed by atoms with Gasteiger partial charge in [-0.15, -0.1) is 24.0 Å². The molecule has 1 aliphatic rings. The lowest BCUT2D eigenvalue weighted by molar-refractivity contribution is -0.121. The van der Waals surface area contributed by atoms with Crippen molar-refractivity contribution in [2.24, 2.45) is 4.99 Å². The van der Waals surface area contributed by atoms with Gasteiger partial charge in [0, 0.05) is 32.1 Å². The summed E-state index contributed by atoms with van der Waals surface area (Å²) in [4.78, 5) is 15.8. The zero-order valence-electron chi connectivity index (χ0n) is 11.3. The average molecular weight is 368 g/mol. The minimum atomic E-state index is 0. The molecule has 1 saturated carbocycles. The molecule has 1 amide bonds. The predicted octanol–water partition coefficient (Wildman–Crippen LogP) is 1.24. The Morgan fingerprint density at radius 3 is 2.33 bits per heavy atom. The van der Waals surface area contributed by atoms with Crippen molar-refractivity contribution in [1.82, 2.24) is 16.0 Å². The fourth-order valence-electron chi connectivity index (χ4n) is 1.47. The van der Waals surface area contributed by atoms with E-state index in [1.54, 1.807) is 0 Å². The summed E-state index contributed by atoms with van der Waals surface area (Å²) in [6, 6.07) is 0.463. The van der Waals surface area contributed by atoms with E-state index in [1.165, 1.54) is 0 Å². The molecule has 0 aromatic carbocycles. The van der Waals surface area contributed by atoms with Crippen molar-refractivity contribution < 1.29 is 4.79 Å². The first-order valence-electron chi connectivity index (χ1n) is 6.57. The minimum Gasteiger partial charge on any atom is -0.357 e. The number of carbonyl (C=O) groups is 1. The quantitative estimate of drug-likeness (QED) is 0.274. The van der Waals surface area contributed by atoms with Crippen molar-refractivity contribution in [2.75, 3.05) is 19.6 Å². The molecule has 0 aliphatic heterocycles. The van der Waals surface area contributed by atoms with Gasteiger partial charge in [0.2, 0.25) is 5.91 Å². The Bertz CT molecular complexity index is 259. The van der Waals surface area contributed by atoms with Crippen molar-refractivity contribution >= 4 is 35.8 Å². The van der Waals surface area contributed by atoms with E-state index in [2.05, 4.69) is 20.9 Å². The lowest BCUT2D eigenvalue weighted by Crippen LogP contribution is -2.37. The second kappa shape index (κ2) is 10.4. The number of rotatable bonds is 7. The highest BCUT2D eigenvalue weighted by Gasteiger charge is 2.22. The molecule has 1 aliphatic carbocycles. The van der Waals surface area contributed by atoms with Gasteiger partial charge in [0.1, 0.15) is 0 Å². The van der Waals surface area contributed by atoms with E-state index < -0.39 is 0 Å². The van der Waals surface area contributed by atoms with Crippen LogP contribution in [0.15, 0.2) is 4.99 Å². The minimum absolute atomic E-state index is 0. The fraction of sp³-hybridized carbons (Fsp3) is 0.833. The molecule has 0 radical (unpaired) electrons. The first-order chi connectivity index (χ1) is 8.26. The van der Waals surface area contributed by atoms with E-state index in [0.29, 0.717) is 19.0 Å². The van der Waals surface area contributed by atoms with Crippen LogP contribution in [0.5, 0.6) is 0 Å². The van der Waals surface area contributed by atoms with Gasteiger partial charge >= 0.3 is 0 Å². The Kier molecular flexibility index (Phi) is 10.1. The van der Waals surface area contributed by atoms with Crippen LogP contribution in [0.4, 0.5) is 0 Å². The van der Waals surface area contributed by atoms with E-state index in [4.69, 9.17) is 0 Å². The third kappa shape index (κ3) is 8.54. The van der Waals surface area contributed by atoms with Crippen molar-refractivity contribution in [3.8, 4) is 0 Å². The molecule has 18 heavy (non-hydrogen) atoms. The van der Waals surface area contributed by atoms with Gasteiger partial charge in [0.05, 0.1) is 0 Å². The van der Waals surface area contributed by atoms with Crippen molar-refractivity contribution in [3.05, 3.63) is 0 Å². The standard InChI is InChI=1S/C12H24N4O.HI/c1-3-13-12(14-4-2)15-9-5-6-11(17)16-10-7-8-10;/h10H,3-9H2,1-2H3,(H,16,17)(H2,13,14,15);1H. The molecule has 1 fully saturated rings. The van der Waals surface area contributed by atoms with Crippen molar-refractivity contribution in [1.29, 1.82) is 0 Å². The number of nitrogens with zero attached hydrogens (tertiary/aromatic N) is 1. The zero-order valence-corrected chi connectivity index (χ0v) is 13.6. The van der Waals surface area contributed by atoms with Gasteiger partial charge in [-0.1, -0.05) is 0 Å². The van der Waals surface area contributed by atoms with Gasteiger partial charge in [-0.2, -0.15) is 0 Å². The third-order valence-corrected chi connectivity index (χ3v) is 2.46. The van der Waals surface area contributed by atoms with E-state index >= 15 is 0 Å². The van der Waals surface area contributed by atoms with Gasteiger partial charge in [0.15, 0.2) is 5.96 Å². The van der Waals surface area contributed by atoms with Gasteiger partial charge < -0.3 is 16.0 Å². The lowest BCUT2D eigenvalue weighted by atomic mass is 10.3. The number of hydrogen-bond acceptors (Lipinski definition) is 2. The summed E-state index contributed by atoms with van der Waals surface area (Å²) >= 11 is 0. The lowest BCUT2D eigenvalue weighted by Gasteiger charge is -2.08. The number of aliphatic imine (C=N–C) groups is 1. The summed E-state index contributed by atoms with van der Waals surface area (Å²) in [5, 5.41) is 9.28. The number of halogens is 1. The summed E-state index contributed by atoms with van der Waals surface area (Å²) in [7, 11) is 0. The summed E-state index contributed by atoms with van der Waals surface area (Å²) in [5.74, 6) is 0.994. The number of hydrogen-bond donors (Lipinski definition) is 3. The first-order valence-corrected chi connectivity index (χ1v) is 6.57. The maximum absolute atomic E-state index is 11.4. The molecule has 0 bridgehead atoms. The van der Waals surface area contributed by atoms with Gasteiger partial charge in [-0.3, -0.25) is 9.79 Å². The fourth-order valence-corrected chi connectivity index (χ4v) is 1.47. The molecule has 3 N–H and O–H groups in total. The summed E-state index contributed by atoms with van der Waals surface area (Å²) < 4.78 is 0. The topological polar surface area (TPSA) is 65.5 Å². The van der Waals surface area contributed by atoms with E-state index in [-0.39, 0.29) is 29.9 Å². The van der Waals surface area contributed by atoms with Crippen LogP contribution in [0.3, 0.4) is 0 Å². The van der Waals surface area contributed by atoms with E-state index in [0.717, 1.165) is 38.3 Å². The first kappa shape index (κ1) is 17.5. The summed E-state index contributed by atoms with van der Waals surface area (Å²) in [5.41, 5.74) is 0. The summed E-state index contributed by atoms with van der Waals surface area (Å²) in [6.45, 7) is 6.47. The molecule has 0 aromatic rings. The van der Waals surface area contributed by atoms with Crippen LogP contribution in [0.2, 0.25) is 0 Å². The molecular formula is C12H25IN4O. The van der Waals surface area contributed by atoms with Gasteiger partial charge in [-0.05, 0) is 33.1 Å². The number of carbonyl (C=O) groups excluding carboxylic acids is 1. The van der Waals surface area contributed by atoms with Crippen LogP contribution in [-0.2, 0) is 4.79 Å². The number of nitrogens with one attached hydrogen (secondary N) is 3. The molecule has 0 aromatic heterocycles. The largest absolute Gasteiger partial charge is 0.357 e. The van der Waals surface area contributed by atoms with E-state index in [9.17, 15) is 4.79 Å². The van der Waals surface area contributed by atoms with Crippen LogP contribution < -0.4 is 16.0 Å². The van der Waals surface area contributed by atoms with Gasteiger partial charge in [0.25, 0.3) is 0 Å². The number of amides is 1. The Morgan fingerprint density at radius 2 is 1.83 bits per heavy atom. The highest BCUT2D eigenvalue weighted by Crippen LogP contribution is 2.18. The molecule has 5 nitrogen and oxygen atoms in total. The highest BCUT2D eigenvalue weighted by molar-refractivity contribution is 14.0. The smallest absolute Gasteiger partial charge is 0.220 e. The third-order valence-electron chi connectivity index (χ3n) is 2.46. The average Bonchev–Trinajstić information content (AvgIpc) is 3.09. The molecule has 106 valence electrons. The molecular weight excluding hydrogens is 343 g/mol. The summed E-state index contributed by atoms with van der Waals surface area (Å²) in [6.07, 6.45) is 3.67. The normalized spacial score (nSPS) is 13.2.